The number of sulfonamides is 1. The molecule has 7 heteroatoms. The quantitative estimate of drug-likeness (QED) is 0.620. The van der Waals surface area contributed by atoms with E-state index in [1.54, 1.807) is 18.2 Å². The van der Waals surface area contributed by atoms with Crippen molar-refractivity contribution in [3.05, 3.63) is 76.0 Å². The SMILES string of the molecule is Cc1ccc(-c2ccsc2C(=O)NC(C)c2cccc(NS(C)(=O)=O)c2)cc1. The van der Waals surface area contributed by atoms with Crippen LogP contribution < -0.4 is 10.0 Å². The van der Waals surface area contributed by atoms with Gasteiger partial charge in [-0.05, 0) is 48.6 Å². The first-order chi connectivity index (χ1) is 13.2. The number of rotatable bonds is 6. The molecule has 1 unspecified atom stereocenters. The topological polar surface area (TPSA) is 75.3 Å². The molecule has 1 aromatic heterocycles. The number of nitrogens with one attached hydrogen (secondary N) is 2. The third-order valence-corrected chi connectivity index (χ3v) is 5.79. The van der Waals surface area contributed by atoms with Crippen molar-refractivity contribution >= 4 is 33.0 Å². The number of thiophene rings is 1. The van der Waals surface area contributed by atoms with Gasteiger partial charge >= 0.3 is 0 Å². The van der Waals surface area contributed by atoms with Crippen molar-refractivity contribution in [2.75, 3.05) is 11.0 Å². The minimum Gasteiger partial charge on any atom is -0.345 e. The van der Waals surface area contributed by atoms with Crippen LogP contribution in [-0.4, -0.2) is 20.6 Å². The predicted octanol–water partition coefficient (Wildman–Crippen LogP) is 4.59. The van der Waals surface area contributed by atoms with Crippen LogP contribution in [-0.2, 0) is 10.0 Å². The summed E-state index contributed by atoms with van der Waals surface area (Å²) in [6.45, 7) is 3.90. The number of anilines is 1. The summed E-state index contributed by atoms with van der Waals surface area (Å²) < 4.78 is 25.3. The van der Waals surface area contributed by atoms with Crippen molar-refractivity contribution in [3.8, 4) is 11.1 Å². The molecule has 0 aliphatic rings. The molecule has 3 aromatic rings. The van der Waals surface area contributed by atoms with Crippen molar-refractivity contribution in [2.24, 2.45) is 0 Å². The van der Waals surface area contributed by atoms with Crippen molar-refractivity contribution in [1.82, 2.24) is 5.32 Å². The number of amides is 1. The van der Waals surface area contributed by atoms with Gasteiger partial charge < -0.3 is 5.32 Å². The molecule has 0 aliphatic heterocycles. The highest BCUT2D eigenvalue weighted by Crippen LogP contribution is 2.29. The summed E-state index contributed by atoms with van der Waals surface area (Å²) in [5.41, 5.74) is 4.36. The van der Waals surface area contributed by atoms with Gasteiger partial charge in [0.25, 0.3) is 5.91 Å². The van der Waals surface area contributed by atoms with E-state index >= 15 is 0 Å². The van der Waals surface area contributed by atoms with E-state index in [1.807, 2.05) is 55.6 Å². The number of benzene rings is 2. The van der Waals surface area contributed by atoms with Crippen LogP contribution in [0, 0.1) is 6.92 Å². The van der Waals surface area contributed by atoms with Gasteiger partial charge in [0.05, 0.1) is 17.2 Å². The summed E-state index contributed by atoms with van der Waals surface area (Å²) in [7, 11) is -3.35. The lowest BCUT2D eigenvalue weighted by molar-refractivity contribution is 0.0944. The van der Waals surface area contributed by atoms with Crippen LogP contribution in [0.3, 0.4) is 0 Å². The second-order valence-corrected chi connectivity index (χ2v) is 9.39. The Bertz CT molecular complexity index is 1090. The molecule has 0 fully saturated rings. The number of carbonyl (C=O) groups excluding carboxylic acids is 1. The molecule has 3 rings (SSSR count). The first kappa shape index (κ1) is 20.1. The van der Waals surface area contributed by atoms with E-state index in [-0.39, 0.29) is 11.9 Å². The molecule has 0 saturated heterocycles. The minimum atomic E-state index is -3.35. The van der Waals surface area contributed by atoms with E-state index in [1.165, 1.54) is 16.9 Å². The molecule has 0 saturated carbocycles. The molecule has 1 amide bonds. The fourth-order valence-corrected chi connectivity index (χ4v) is 4.25. The summed E-state index contributed by atoms with van der Waals surface area (Å²) in [4.78, 5) is 13.5. The first-order valence-electron chi connectivity index (χ1n) is 8.76. The van der Waals surface area contributed by atoms with Crippen LogP contribution in [0.2, 0.25) is 0 Å². The molecule has 0 radical (unpaired) electrons. The second kappa shape index (κ2) is 8.16. The molecule has 2 aromatic carbocycles. The summed E-state index contributed by atoms with van der Waals surface area (Å²) in [5, 5.41) is 4.91. The van der Waals surface area contributed by atoms with Gasteiger partial charge in [0.1, 0.15) is 0 Å². The van der Waals surface area contributed by atoms with Gasteiger partial charge in [-0.3, -0.25) is 9.52 Å². The maximum atomic E-state index is 12.9. The fraction of sp³-hybridized carbons (Fsp3) is 0.190. The molecule has 146 valence electrons. The zero-order valence-electron chi connectivity index (χ0n) is 15.9. The number of hydrogen-bond donors (Lipinski definition) is 2. The Balaban J connectivity index is 1.78. The van der Waals surface area contributed by atoms with Crippen LogP contribution in [0.5, 0.6) is 0 Å². The van der Waals surface area contributed by atoms with Gasteiger partial charge in [-0.1, -0.05) is 42.0 Å². The highest BCUT2D eigenvalue weighted by atomic mass is 32.2. The Morgan fingerprint density at radius 1 is 1.07 bits per heavy atom. The molecule has 0 bridgehead atoms. The van der Waals surface area contributed by atoms with Crippen molar-refractivity contribution in [1.29, 1.82) is 0 Å². The summed E-state index contributed by atoms with van der Waals surface area (Å²) >= 11 is 1.40. The van der Waals surface area contributed by atoms with Gasteiger partial charge in [-0.2, -0.15) is 0 Å². The predicted molar refractivity (Wildman–Crippen MR) is 115 cm³/mol. The zero-order chi connectivity index (χ0) is 20.3. The van der Waals surface area contributed by atoms with Crippen molar-refractivity contribution in [2.45, 2.75) is 19.9 Å². The molecule has 2 N–H and O–H groups in total. The molecule has 5 nitrogen and oxygen atoms in total. The molecule has 0 spiro atoms. The van der Waals surface area contributed by atoms with Crippen LogP contribution >= 0.6 is 11.3 Å². The molecule has 28 heavy (non-hydrogen) atoms. The average Bonchev–Trinajstić information content (AvgIpc) is 3.11. The average molecular weight is 415 g/mol. The Hall–Kier alpha value is -2.64. The second-order valence-electron chi connectivity index (χ2n) is 6.72. The van der Waals surface area contributed by atoms with E-state index in [0.29, 0.717) is 10.6 Å². The van der Waals surface area contributed by atoms with Crippen molar-refractivity contribution < 1.29 is 13.2 Å². The summed E-state index contributed by atoms with van der Waals surface area (Å²) in [6.07, 6.45) is 1.11. The molecule has 0 aliphatic carbocycles. The van der Waals surface area contributed by atoms with Gasteiger partial charge in [0, 0.05) is 11.3 Å². The Labute approximate surface area is 169 Å². The zero-order valence-corrected chi connectivity index (χ0v) is 17.5. The highest BCUT2D eigenvalue weighted by Gasteiger charge is 2.17. The highest BCUT2D eigenvalue weighted by molar-refractivity contribution is 7.92. The van der Waals surface area contributed by atoms with E-state index in [2.05, 4.69) is 10.0 Å². The maximum absolute atomic E-state index is 12.9. The van der Waals surface area contributed by atoms with Gasteiger partial charge in [0.2, 0.25) is 10.0 Å². The third-order valence-electron chi connectivity index (χ3n) is 4.27. The van der Waals surface area contributed by atoms with Gasteiger partial charge in [-0.25, -0.2) is 8.42 Å². The Morgan fingerprint density at radius 2 is 1.79 bits per heavy atom. The van der Waals surface area contributed by atoms with E-state index in [4.69, 9.17) is 0 Å². The molecular weight excluding hydrogens is 392 g/mol. The van der Waals surface area contributed by atoms with Crippen LogP contribution in [0.25, 0.3) is 11.1 Å². The Morgan fingerprint density at radius 3 is 2.46 bits per heavy atom. The fourth-order valence-electron chi connectivity index (χ4n) is 2.88. The van der Waals surface area contributed by atoms with Crippen LogP contribution in [0.15, 0.2) is 60.0 Å². The van der Waals surface area contributed by atoms with E-state index in [0.717, 1.165) is 22.9 Å². The number of carbonyl (C=O) groups is 1. The lowest BCUT2D eigenvalue weighted by atomic mass is 10.0. The van der Waals surface area contributed by atoms with Crippen LogP contribution in [0.4, 0.5) is 5.69 Å². The lowest BCUT2D eigenvalue weighted by Crippen LogP contribution is -2.26. The lowest BCUT2D eigenvalue weighted by Gasteiger charge is -2.16. The molecule has 1 atom stereocenters. The standard InChI is InChI=1S/C21H22N2O3S2/c1-14-7-9-16(10-8-14)19-11-12-27-20(19)21(24)22-15(2)17-5-4-6-18(13-17)23-28(3,25)26/h4-13,15,23H,1-3H3,(H,22,24). The first-order valence-corrected chi connectivity index (χ1v) is 11.5. The van der Waals surface area contributed by atoms with E-state index < -0.39 is 10.0 Å². The minimum absolute atomic E-state index is 0.153. The largest absolute Gasteiger partial charge is 0.345 e. The van der Waals surface area contributed by atoms with Gasteiger partial charge in [0.15, 0.2) is 0 Å². The number of aryl methyl sites for hydroxylation is 1. The van der Waals surface area contributed by atoms with Crippen LogP contribution in [0.1, 0.15) is 33.8 Å². The normalized spacial score (nSPS) is 12.4. The smallest absolute Gasteiger partial charge is 0.262 e. The van der Waals surface area contributed by atoms with Gasteiger partial charge in [-0.15, -0.1) is 11.3 Å². The Kier molecular flexibility index (Phi) is 5.86. The van der Waals surface area contributed by atoms with E-state index in [9.17, 15) is 13.2 Å². The monoisotopic (exact) mass is 414 g/mol. The van der Waals surface area contributed by atoms with Crippen molar-refractivity contribution in [3.63, 3.8) is 0 Å². The summed E-state index contributed by atoms with van der Waals surface area (Å²) in [6, 6.07) is 16.8. The maximum Gasteiger partial charge on any atom is 0.262 e. The molecule has 1 heterocycles. The third kappa shape index (κ3) is 4.99. The summed E-state index contributed by atoms with van der Waals surface area (Å²) in [5.74, 6) is -0.153. The molecular formula is C21H22N2O3S2. The number of hydrogen-bond acceptors (Lipinski definition) is 4.